The first kappa shape index (κ1) is 36.7. The SMILES string of the molecule is Cc1ccc(SNC(=O)c2ccc(N3CCC(C(O)c4ccccc4-c4ccc(Cl)cc4)CC3)cc2Oc2cnc3[nH]ccc3c2)cc1SC(F)(F)F. The van der Waals surface area contributed by atoms with Crippen LogP contribution in [-0.2, 0) is 0 Å². The molecular formula is C40H34ClF3N4O3S2. The number of hydrogen-bond donors (Lipinski definition) is 3. The molecule has 1 aliphatic rings. The highest BCUT2D eigenvalue weighted by Gasteiger charge is 2.31. The van der Waals surface area contributed by atoms with Crippen LogP contribution in [-0.4, -0.2) is 39.6 Å². The maximum atomic E-state index is 13.6. The van der Waals surface area contributed by atoms with Gasteiger partial charge in [0.1, 0.15) is 17.1 Å². The van der Waals surface area contributed by atoms with Crippen LogP contribution in [0.1, 0.15) is 40.4 Å². The van der Waals surface area contributed by atoms with Crippen LogP contribution in [0, 0.1) is 12.8 Å². The molecule has 272 valence electrons. The maximum absolute atomic E-state index is 13.6. The van der Waals surface area contributed by atoms with Gasteiger partial charge in [0, 0.05) is 51.2 Å². The van der Waals surface area contributed by atoms with E-state index in [1.165, 1.54) is 6.07 Å². The Morgan fingerprint density at radius 3 is 2.57 bits per heavy atom. The molecule has 1 unspecified atom stereocenters. The highest BCUT2D eigenvalue weighted by molar-refractivity contribution is 8.00. The minimum Gasteiger partial charge on any atom is -0.455 e. The molecule has 1 amide bonds. The second-order valence-corrected chi connectivity index (χ2v) is 15.2. The number of nitrogens with zero attached hydrogens (tertiary/aromatic N) is 2. The fraction of sp³-hybridized carbons (Fsp3) is 0.200. The average molecular weight is 775 g/mol. The Bertz CT molecular complexity index is 2240. The Labute approximate surface area is 318 Å². The molecule has 0 bridgehead atoms. The van der Waals surface area contributed by atoms with Gasteiger partial charge in [0.15, 0.2) is 0 Å². The Hall–Kier alpha value is -4.62. The summed E-state index contributed by atoms with van der Waals surface area (Å²) in [5, 5.41) is 13.1. The molecule has 1 saturated heterocycles. The number of nitrogens with one attached hydrogen (secondary N) is 2. The second-order valence-electron chi connectivity index (χ2n) is 12.7. The third-order valence-corrected chi connectivity index (χ3v) is 11.2. The van der Waals surface area contributed by atoms with Crippen LogP contribution in [0.4, 0.5) is 18.9 Å². The lowest BCUT2D eigenvalue weighted by Gasteiger charge is -2.36. The molecule has 1 fully saturated rings. The van der Waals surface area contributed by atoms with E-state index in [1.807, 2.05) is 72.8 Å². The van der Waals surface area contributed by atoms with E-state index in [0.29, 0.717) is 45.7 Å². The number of H-pyrrole nitrogens is 1. The van der Waals surface area contributed by atoms with Crippen LogP contribution in [0.25, 0.3) is 22.2 Å². The van der Waals surface area contributed by atoms with E-state index in [4.69, 9.17) is 16.3 Å². The Morgan fingerprint density at radius 2 is 1.79 bits per heavy atom. The van der Waals surface area contributed by atoms with E-state index >= 15 is 0 Å². The van der Waals surface area contributed by atoms with Crippen LogP contribution in [0.2, 0.25) is 5.02 Å². The Morgan fingerprint density at radius 1 is 1.02 bits per heavy atom. The van der Waals surface area contributed by atoms with Gasteiger partial charge in [-0.15, -0.1) is 0 Å². The van der Waals surface area contributed by atoms with Crippen molar-refractivity contribution < 1.29 is 27.8 Å². The van der Waals surface area contributed by atoms with Gasteiger partial charge in [0.05, 0.1) is 17.9 Å². The maximum Gasteiger partial charge on any atom is 0.446 e. The molecular weight excluding hydrogens is 741 g/mol. The number of halogens is 4. The lowest BCUT2D eigenvalue weighted by Crippen LogP contribution is -2.35. The first-order chi connectivity index (χ1) is 25.5. The van der Waals surface area contributed by atoms with Crippen molar-refractivity contribution in [1.29, 1.82) is 0 Å². The molecule has 53 heavy (non-hydrogen) atoms. The summed E-state index contributed by atoms with van der Waals surface area (Å²) >= 11 is 6.87. The van der Waals surface area contributed by atoms with E-state index in [9.17, 15) is 23.1 Å². The summed E-state index contributed by atoms with van der Waals surface area (Å²) in [7, 11) is 0. The van der Waals surface area contributed by atoms with Crippen LogP contribution in [0.15, 0.2) is 119 Å². The van der Waals surface area contributed by atoms with Crippen molar-refractivity contribution in [2.45, 2.75) is 41.2 Å². The van der Waals surface area contributed by atoms with Crippen molar-refractivity contribution in [1.82, 2.24) is 14.7 Å². The molecule has 6 aromatic rings. The Balaban J connectivity index is 1.09. The van der Waals surface area contributed by atoms with Crippen molar-refractivity contribution in [3.8, 4) is 22.6 Å². The van der Waals surface area contributed by atoms with Gasteiger partial charge in [-0.25, -0.2) is 4.98 Å². The number of alkyl halides is 3. The molecule has 0 radical (unpaired) electrons. The summed E-state index contributed by atoms with van der Waals surface area (Å²) in [5.74, 6) is 0.297. The number of ether oxygens (including phenoxy) is 1. The number of aromatic amines is 1. The van der Waals surface area contributed by atoms with Crippen LogP contribution < -0.4 is 14.4 Å². The molecule has 0 saturated carbocycles. The fourth-order valence-corrected chi connectivity index (χ4v) is 7.99. The van der Waals surface area contributed by atoms with Crippen LogP contribution in [0.5, 0.6) is 11.5 Å². The monoisotopic (exact) mass is 774 g/mol. The van der Waals surface area contributed by atoms with Crippen LogP contribution in [0.3, 0.4) is 0 Å². The molecule has 1 aliphatic heterocycles. The largest absolute Gasteiger partial charge is 0.455 e. The molecule has 0 spiro atoms. The number of thioether (sulfide) groups is 1. The number of carbonyl (C=O) groups excluding carboxylic acids is 1. The number of aryl methyl sites for hydroxylation is 1. The molecule has 7 rings (SSSR count). The van der Waals surface area contributed by atoms with E-state index in [2.05, 4.69) is 19.6 Å². The lowest BCUT2D eigenvalue weighted by atomic mass is 9.84. The van der Waals surface area contributed by atoms with Gasteiger partial charge in [-0.2, -0.15) is 13.2 Å². The number of carbonyl (C=O) groups is 1. The molecule has 7 nitrogen and oxygen atoms in total. The number of rotatable bonds is 10. The van der Waals surface area contributed by atoms with E-state index < -0.39 is 17.5 Å². The minimum absolute atomic E-state index is 0.0356. The smallest absolute Gasteiger partial charge is 0.446 e. The lowest BCUT2D eigenvalue weighted by molar-refractivity contribution is -0.0328. The summed E-state index contributed by atoms with van der Waals surface area (Å²) < 4.78 is 48.4. The number of anilines is 1. The number of piperidine rings is 1. The van der Waals surface area contributed by atoms with Gasteiger partial charge in [-0.05, 0) is 120 Å². The first-order valence-electron chi connectivity index (χ1n) is 16.9. The van der Waals surface area contributed by atoms with Crippen molar-refractivity contribution in [2.75, 3.05) is 18.0 Å². The second kappa shape index (κ2) is 15.8. The molecule has 13 heteroatoms. The standard InChI is InChI=1S/C40H34ClF3N4O3S2/c1-24-6-12-31(22-36(24)52-40(42,43)44)53-47-39(50)34-13-11-29(21-35(34)51-30-20-27-14-17-45-38(27)46-23-30)48-18-15-26(16-19-48)37(49)33-5-3-2-4-32(33)25-7-9-28(41)10-8-25/h2-14,17,20-23,26,37,49H,15-16,18-19H2,1H3,(H,45,46)(H,47,50). The number of hydrogen-bond acceptors (Lipinski definition) is 7. The van der Waals surface area contributed by atoms with Crippen molar-refractivity contribution >= 4 is 57.9 Å². The minimum atomic E-state index is -4.43. The summed E-state index contributed by atoms with van der Waals surface area (Å²) in [6, 6.07) is 29.2. The molecule has 4 aromatic carbocycles. The van der Waals surface area contributed by atoms with Gasteiger partial charge in [0.2, 0.25) is 0 Å². The van der Waals surface area contributed by atoms with Gasteiger partial charge in [-0.1, -0.05) is 54.1 Å². The summed E-state index contributed by atoms with van der Waals surface area (Å²) in [6.45, 7) is 2.96. The normalized spacial score (nSPS) is 14.3. The van der Waals surface area contributed by atoms with Gasteiger partial charge < -0.3 is 19.7 Å². The quantitative estimate of drug-likeness (QED) is 0.0943. The van der Waals surface area contributed by atoms with Crippen molar-refractivity contribution in [3.63, 3.8) is 0 Å². The molecule has 3 N–H and O–H groups in total. The van der Waals surface area contributed by atoms with Gasteiger partial charge >= 0.3 is 5.51 Å². The molecule has 3 heterocycles. The zero-order valence-corrected chi connectivity index (χ0v) is 30.8. The number of benzene rings is 4. The zero-order valence-electron chi connectivity index (χ0n) is 28.4. The predicted molar refractivity (Wildman–Crippen MR) is 206 cm³/mol. The van der Waals surface area contributed by atoms with Gasteiger partial charge in [0.25, 0.3) is 5.91 Å². The van der Waals surface area contributed by atoms with E-state index in [0.717, 1.165) is 52.6 Å². The third kappa shape index (κ3) is 8.79. The Kier molecular flexibility index (Phi) is 10.9. The van der Waals surface area contributed by atoms with Crippen LogP contribution >= 0.6 is 35.3 Å². The van der Waals surface area contributed by atoms with E-state index in [-0.39, 0.29) is 28.1 Å². The number of amides is 1. The highest BCUT2D eigenvalue weighted by atomic mass is 35.5. The number of aliphatic hydroxyl groups is 1. The van der Waals surface area contributed by atoms with Gasteiger partial charge in [-0.3, -0.25) is 9.52 Å². The number of fused-ring (bicyclic) bond motifs is 1. The highest BCUT2D eigenvalue weighted by Crippen LogP contribution is 2.41. The van der Waals surface area contributed by atoms with Crippen molar-refractivity contribution in [2.24, 2.45) is 5.92 Å². The fourth-order valence-electron chi connectivity index (χ4n) is 6.50. The third-order valence-electron chi connectivity index (χ3n) is 9.25. The average Bonchev–Trinajstić information content (AvgIpc) is 3.63. The predicted octanol–water partition coefficient (Wildman–Crippen LogP) is 11.0. The number of pyridine rings is 1. The summed E-state index contributed by atoms with van der Waals surface area (Å²) in [6.07, 6.45) is 4.18. The summed E-state index contributed by atoms with van der Waals surface area (Å²) in [4.78, 5) is 23.8. The number of aliphatic hydroxyl groups excluding tert-OH is 1. The summed E-state index contributed by atoms with van der Waals surface area (Å²) in [5.41, 5.74) is 0.701. The van der Waals surface area contributed by atoms with E-state index in [1.54, 1.807) is 37.5 Å². The molecule has 2 aromatic heterocycles. The number of aromatic nitrogens is 2. The zero-order chi connectivity index (χ0) is 37.1. The molecule has 1 atom stereocenters. The topological polar surface area (TPSA) is 90.5 Å². The molecule has 0 aliphatic carbocycles. The van der Waals surface area contributed by atoms with Crippen molar-refractivity contribution in [3.05, 3.63) is 131 Å². The first-order valence-corrected chi connectivity index (χ1v) is 18.9.